The number of urea groups is 1. The molecule has 1 aliphatic heterocycles. The van der Waals surface area contributed by atoms with Gasteiger partial charge < -0.3 is 15.4 Å². The number of epoxide rings is 1. The summed E-state index contributed by atoms with van der Waals surface area (Å²) < 4.78 is 4.99. The lowest BCUT2D eigenvalue weighted by Gasteiger charge is -2.36. The van der Waals surface area contributed by atoms with Crippen LogP contribution in [0.5, 0.6) is 0 Å². The molecule has 0 aromatic heterocycles. The summed E-state index contributed by atoms with van der Waals surface area (Å²) in [7, 11) is 0. The lowest BCUT2D eigenvalue weighted by Crippen LogP contribution is -2.45. The van der Waals surface area contributed by atoms with Crippen LogP contribution < -0.4 is 10.6 Å². The number of carbonyl (C=O) groups is 1. The smallest absolute Gasteiger partial charge is 0.317 e. The maximum atomic E-state index is 11.6. The predicted molar refractivity (Wildman–Crippen MR) is 73.7 cm³/mol. The van der Waals surface area contributed by atoms with E-state index in [1.807, 2.05) is 0 Å². The van der Waals surface area contributed by atoms with E-state index in [1.54, 1.807) is 0 Å². The van der Waals surface area contributed by atoms with Crippen LogP contribution in [-0.2, 0) is 4.74 Å². The first-order chi connectivity index (χ1) is 9.31. The Labute approximate surface area is 115 Å². The van der Waals surface area contributed by atoms with Crippen LogP contribution in [0.3, 0.4) is 0 Å². The van der Waals surface area contributed by atoms with Crippen molar-refractivity contribution in [1.82, 2.24) is 10.6 Å². The van der Waals surface area contributed by atoms with E-state index in [4.69, 9.17) is 4.74 Å². The topological polar surface area (TPSA) is 53.7 Å². The zero-order valence-corrected chi connectivity index (χ0v) is 11.7. The van der Waals surface area contributed by atoms with Gasteiger partial charge in [-0.25, -0.2) is 4.79 Å². The second-order valence-electron chi connectivity index (χ2n) is 6.45. The minimum atomic E-state index is -0.0522. The number of rotatable bonds is 3. The van der Waals surface area contributed by atoms with Gasteiger partial charge in [0.2, 0.25) is 0 Å². The van der Waals surface area contributed by atoms with E-state index < -0.39 is 0 Å². The minimum Gasteiger partial charge on any atom is -0.351 e. The molecule has 0 radical (unpaired) electrons. The van der Waals surface area contributed by atoms with Gasteiger partial charge in [-0.3, -0.25) is 0 Å². The molecule has 2 amide bonds. The van der Waals surface area contributed by atoms with Crippen molar-refractivity contribution >= 4 is 6.03 Å². The summed E-state index contributed by atoms with van der Waals surface area (Å²) in [5.74, 6) is 1.90. The molecule has 2 aliphatic carbocycles. The summed E-state index contributed by atoms with van der Waals surface area (Å²) >= 11 is 0. The third-order valence-corrected chi connectivity index (χ3v) is 5.05. The highest BCUT2D eigenvalue weighted by atomic mass is 16.6. The Balaban J connectivity index is 1.37. The Hall–Kier alpha value is -0.770. The van der Waals surface area contributed by atoms with E-state index in [1.165, 1.54) is 44.9 Å². The molecule has 1 unspecified atom stereocenters. The average molecular weight is 266 g/mol. The zero-order valence-electron chi connectivity index (χ0n) is 11.7. The summed E-state index contributed by atoms with van der Waals surface area (Å²) in [4.78, 5) is 11.6. The van der Waals surface area contributed by atoms with Gasteiger partial charge in [-0.2, -0.15) is 0 Å². The number of hydrogen-bond donors (Lipinski definition) is 2. The van der Waals surface area contributed by atoms with Gasteiger partial charge in [-0.15, -0.1) is 0 Å². The van der Waals surface area contributed by atoms with E-state index in [0.29, 0.717) is 12.6 Å². The highest BCUT2D eigenvalue weighted by Gasteiger charge is 2.30. The quantitative estimate of drug-likeness (QED) is 0.772. The standard InChI is InChI=1S/C15H26N2O2/c18-15(17-14-10-19-14)16-13-8-6-12(7-9-13)11-4-2-1-3-5-11/h11-14H,1-10H2,(H2,16,17,18). The van der Waals surface area contributed by atoms with Crippen LogP contribution in [0.4, 0.5) is 4.79 Å². The van der Waals surface area contributed by atoms with Crippen molar-refractivity contribution in [3.05, 3.63) is 0 Å². The van der Waals surface area contributed by atoms with E-state index >= 15 is 0 Å². The lowest BCUT2D eigenvalue weighted by molar-refractivity contribution is 0.175. The van der Waals surface area contributed by atoms with Crippen molar-refractivity contribution in [3.8, 4) is 0 Å². The van der Waals surface area contributed by atoms with E-state index in [9.17, 15) is 4.79 Å². The van der Waals surface area contributed by atoms with Gasteiger partial charge in [-0.1, -0.05) is 32.1 Å². The summed E-state index contributed by atoms with van der Waals surface area (Å²) in [5.41, 5.74) is 0. The van der Waals surface area contributed by atoms with Crippen molar-refractivity contribution in [2.45, 2.75) is 70.1 Å². The Morgan fingerprint density at radius 3 is 2.11 bits per heavy atom. The highest BCUT2D eigenvalue weighted by molar-refractivity contribution is 5.74. The summed E-state index contributed by atoms with van der Waals surface area (Å²) in [6, 6.07) is 0.321. The number of ether oxygens (including phenoxy) is 1. The normalized spacial score (nSPS) is 35.7. The first-order valence-electron chi connectivity index (χ1n) is 8.00. The molecule has 0 bridgehead atoms. The molecule has 0 spiro atoms. The zero-order chi connectivity index (χ0) is 13.1. The number of hydrogen-bond acceptors (Lipinski definition) is 2. The molecule has 2 N–H and O–H groups in total. The maximum absolute atomic E-state index is 11.6. The van der Waals surface area contributed by atoms with Gasteiger partial charge in [0.25, 0.3) is 0 Å². The SMILES string of the molecule is O=C(NC1CCC(C2CCCCC2)CC1)NC1CO1. The summed E-state index contributed by atoms with van der Waals surface area (Å²) in [6.45, 7) is 0.668. The molecular formula is C15H26N2O2. The van der Waals surface area contributed by atoms with Gasteiger partial charge in [-0.05, 0) is 37.5 Å². The molecule has 1 heterocycles. The molecule has 4 heteroatoms. The molecule has 0 aromatic carbocycles. The monoisotopic (exact) mass is 266 g/mol. The molecule has 1 saturated heterocycles. The second kappa shape index (κ2) is 6.12. The summed E-state index contributed by atoms with van der Waals surface area (Å²) in [6.07, 6.45) is 12.1. The van der Waals surface area contributed by atoms with Gasteiger partial charge in [0.1, 0.15) is 0 Å². The molecule has 3 aliphatic rings. The van der Waals surface area contributed by atoms with Gasteiger partial charge >= 0.3 is 6.03 Å². The van der Waals surface area contributed by atoms with Crippen LogP contribution >= 0.6 is 0 Å². The van der Waals surface area contributed by atoms with Crippen LogP contribution in [0.15, 0.2) is 0 Å². The van der Waals surface area contributed by atoms with Crippen molar-refractivity contribution in [1.29, 1.82) is 0 Å². The molecule has 3 rings (SSSR count). The van der Waals surface area contributed by atoms with Gasteiger partial charge in [0.05, 0.1) is 6.61 Å². The highest BCUT2D eigenvalue weighted by Crippen LogP contribution is 2.38. The Kier molecular flexibility index (Phi) is 4.26. The van der Waals surface area contributed by atoms with Crippen LogP contribution in [0, 0.1) is 11.8 Å². The first-order valence-corrected chi connectivity index (χ1v) is 8.00. The van der Waals surface area contributed by atoms with Crippen molar-refractivity contribution < 1.29 is 9.53 Å². The minimum absolute atomic E-state index is 0.0291. The largest absolute Gasteiger partial charge is 0.351 e. The molecule has 0 aromatic rings. The Morgan fingerprint density at radius 1 is 0.842 bits per heavy atom. The molecular weight excluding hydrogens is 240 g/mol. The number of amides is 2. The maximum Gasteiger partial charge on any atom is 0.317 e. The van der Waals surface area contributed by atoms with Gasteiger partial charge in [0.15, 0.2) is 6.23 Å². The molecule has 4 nitrogen and oxygen atoms in total. The van der Waals surface area contributed by atoms with Crippen LogP contribution in [0.25, 0.3) is 0 Å². The molecule has 19 heavy (non-hydrogen) atoms. The third kappa shape index (κ3) is 3.85. The van der Waals surface area contributed by atoms with Crippen LogP contribution in [0.2, 0.25) is 0 Å². The Bertz CT molecular complexity index is 303. The third-order valence-electron chi connectivity index (χ3n) is 5.05. The number of carbonyl (C=O) groups excluding carboxylic acids is 1. The van der Waals surface area contributed by atoms with E-state index in [-0.39, 0.29) is 12.3 Å². The fourth-order valence-electron chi connectivity index (χ4n) is 3.85. The molecule has 1 atom stereocenters. The van der Waals surface area contributed by atoms with E-state index in [2.05, 4.69) is 10.6 Å². The average Bonchev–Trinajstić information content (AvgIpc) is 3.24. The van der Waals surface area contributed by atoms with Crippen molar-refractivity contribution in [3.63, 3.8) is 0 Å². The van der Waals surface area contributed by atoms with E-state index in [0.717, 1.165) is 24.7 Å². The van der Waals surface area contributed by atoms with Gasteiger partial charge in [0, 0.05) is 6.04 Å². The number of nitrogens with one attached hydrogen (secondary N) is 2. The van der Waals surface area contributed by atoms with Crippen molar-refractivity contribution in [2.75, 3.05) is 6.61 Å². The fraction of sp³-hybridized carbons (Fsp3) is 0.933. The molecule has 3 fully saturated rings. The summed E-state index contributed by atoms with van der Waals surface area (Å²) in [5, 5.41) is 5.89. The molecule has 108 valence electrons. The Morgan fingerprint density at radius 2 is 1.47 bits per heavy atom. The second-order valence-corrected chi connectivity index (χ2v) is 6.45. The fourth-order valence-corrected chi connectivity index (χ4v) is 3.85. The lowest BCUT2D eigenvalue weighted by atomic mass is 9.72. The predicted octanol–water partition coefficient (Wildman–Crippen LogP) is 2.78. The molecule has 2 saturated carbocycles. The van der Waals surface area contributed by atoms with Crippen LogP contribution in [0.1, 0.15) is 57.8 Å². The van der Waals surface area contributed by atoms with Crippen molar-refractivity contribution in [2.24, 2.45) is 11.8 Å². The first kappa shape index (κ1) is 13.2. The van der Waals surface area contributed by atoms with Crippen LogP contribution in [-0.4, -0.2) is 24.9 Å².